The fraction of sp³-hybridized carbons (Fsp3) is 0.625. The number of hydrogen-bond donors (Lipinski definition) is 1. The monoisotopic (exact) mass is 281 g/mol. The van der Waals surface area contributed by atoms with Crippen LogP contribution in [-0.2, 0) is 0 Å². The molecule has 0 radical (unpaired) electrons. The van der Waals surface area contributed by atoms with Crippen LogP contribution in [0.2, 0.25) is 0 Å². The van der Waals surface area contributed by atoms with Gasteiger partial charge in [0.15, 0.2) is 0 Å². The average molecular weight is 281 g/mol. The van der Waals surface area contributed by atoms with Crippen molar-refractivity contribution in [1.29, 1.82) is 0 Å². The highest BCUT2D eigenvalue weighted by Gasteiger charge is 2.10. The van der Waals surface area contributed by atoms with Crippen molar-refractivity contribution in [1.82, 2.24) is 5.32 Å². The van der Waals surface area contributed by atoms with Crippen molar-refractivity contribution in [2.45, 2.75) is 33.2 Å². The third-order valence-corrected chi connectivity index (χ3v) is 4.70. The Bertz CT molecular complexity index is 339. The molecule has 0 aliphatic carbocycles. The molecule has 1 rings (SSSR count). The summed E-state index contributed by atoms with van der Waals surface area (Å²) in [6.07, 6.45) is 1.26. The van der Waals surface area contributed by atoms with Gasteiger partial charge in [0.25, 0.3) is 0 Å². The number of rotatable bonds is 9. The van der Waals surface area contributed by atoms with Crippen molar-refractivity contribution in [3.63, 3.8) is 0 Å². The van der Waals surface area contributed by atoms with Gasteiger partial charge in [-0.05, 0) is 43.3 Å². The van der Waals surface area contributed by atoms with Crippen LogP contribution < -0.4 is 10.1 Å². The second kappa shape index (κ2) is 9.27. The minimum atomic E-state index is 0.421. The summed E-state index contributed by atoms with van der Waals surface area (Å²) in [6, 6.07) is 8.86. The zero-order valence-electron chi connectivity index (χ0n) is 12.6. The summed E-state index contributed by atoms with van der Waals surface area (Å²) in [5, 5.41) is 3.40. The smallest absolute Gasteiger partial charge is 0.119 e. The van der Waals surface area contributed by atoms with Crippen LogP contribution in [0.3, 0.4) is 0 Å². The lowest BCUT2D eigenvalue weighted by Crippen LogP contribution is -2.19. The maximum atomic E-state index is 5.48. The molecule has 0 fully saturated rings. The van der Waals surface area contributed by atoms with Crippen molar-refractivity contribution < 1.29 is 4.74 Å². The topological polar surface area (TPSA) is 21.3 Å². The molecule has 0 saturated carbocycles. The molecule has 2 nitrogen and oxygen atoms in total. The molecule has 19 heavy (non-hydrogen) atoms. The standard InChI is InChI=1S/C16H27NOS/c1-5-13(3)11-19-12-16(17-4)14-7-9-15(10-8-14)18-6-2/h7-10,13,16-17H,5-6,11-12H2,1-4H3. The maximum Gasteiger partial charge on any atom is 0.119 e. The third kappa shape index (κ3) is 5.87. The first kappa shape index (κ1) is 16.4. The highest BCUT2D eigenvalue weighted by Crippen LogP contribution is 2.22. The summed E-state index contributed by atoms with van der Waals surface area (Å²) >= 11 is 2.03. The molecule has 0 bridgehead atoms. The van der Waals surface area contributed by atoms with Gasteiger partial charge in [-0.15, -0.1) is 0 Å². The van der Waals surface area contributed by atoms with Crippen molar-refractivity contribution in [3.8, 4) is 5.75 Å². The van der Waals surface area contributed by atoms with Gasteiger partial charge in [0.2, 0.25) is 0 Å². The summed E-state index contributed by atoms with van der Waals surface area (Å²) in [5.41, 5.74) is 1.34. The number of nitrogens with one attached hydrogen (secondary N) is 1. The van der Waals surface area contributed by atoms with Gasteiger partial charge in [-0.25, -0.2) is 0 Å². The molecule has 0 heterocycles. The van der Waals surface area contributed by atoms with Crippen molar-refractivity contribution in [3.05, 3.63) is 29.8 Å². The molecule has 2 unspecified atom stereocenters. The first-order valence-electron chi connectivity index (χ1n) is 7.19. The average Bonchev–Trinajstić information content (AvgIpc) is 2.45. The molecular weight excluding hydrogens is 254 g/mol. The van der Waals surface area contributed by atoms with Gasteiger partial charge >= 0.3 is 0 Å². The highest BCUT2D eigenvalue weighted by atomic mass is 32.2. The minimum Gasteiger partial charge on any atom is -0.494 e. The van der Waals surface area contributed by atoms with Crippen molar-refractivity contribution in [2.24, 2.45) is 5.92 Å². The Labute approximate surface area is 122 Å². The molecule has 1 N–H and O–H groups in total. The van der Waals surface area contributed by atoms with E-state index in [9.17, 15) is 0 Å². The second-order valence-electron chi connectivity index (χ2n) is 4.89. The summed E-state index contributed by atoms with van der Waals surface area (Å²) < 4.78 is 5.48. The first-order valence-corrected chi connectivity index (χ1v) is 8.34. The normalized spacial score (nSPS) is 14.1. The van der Waals surface area contributed by atoms with Crippen molar-refractivity contribution >= 4 is 11.8 Å². The Balaban J connectivity index is 2.49. The minimum absolute atomic E-state index is 0.421. The lowest BCUT2D eigenvalue weighted by Gasteiger charge is -2.18. The number of thioether (sulfide) groups is 1. The van der Waals surface area contributed by atoms with Crippen molar-refractivity contribution in [2.75, 3.05) is 25.2 Å². The molecule has 0 aliphatic heterocycles. The van der Waals surface area contributed by atoms with E-state index in [1.165, 1.54) is 17.7 Å². The van der Waals surface area contributed by atoms with E-state index >= 15 is 0 Å². The van der Waals surface area contributed by atoms with Crippen LogP contribution in [-0.4, -0.2) is 25.2 Å². The van der Waals surface area contributed by atoms with E-state index < -0.39 is 0 Å². The predicted molar refractivity (Wildman–Crippen MR) is 86.2 cm³/mol. The molecule has 0 aliphatic rings. The van der Waals surface area contributed by atoms with E-state index in [2.05, 4.69) is 43.4 Å². The van der Waals surface area contributed by atoms with Crippen LogP contribution in [0.5, 0.6) is 5.75 Å². The van der Waals surface area contributed by atoms with E-state index in [1.54, 1.807) is 0 Å². The Hall–Kier alpha value is -0.670. The van der Waals surface area contributed by atoms with Crippen LogP contribution in [0, 0.1) is 5.92 Å². The first-order chi connectivity index (χ1) is 9.21. The van der Waals surface area contributed by atoms with E-state index in [1.807, 2.05) is 25.7 Å². The fourth-order valence-corrected chi connectivity index (χ4v) is 3.18. The van der Waals surface area contributed by atoms with Gasteiger partial charge in [-0.2, -0.15) is 11.8 Å². The zero-order valence-corrected chi connectivity index (χ0v) is 13.4. The molecule has 0 spiro atoms. The van der Waals surface area contributed by atoms with Gasteiger partial charge in [0, 0.05) is 11.8 Å². The number of hydrogen-bond acceptors (Lipinski definition) is 3. The van der Waals surface area contributed by atoms with Crippen LogP contribution in [0.4, 0.5) is 0 Å². The third-order valence-electron chi connectivity index (χ3n) is 3.33. The summed E-state index contributed by atoms with van der Waals surface area (Å²) in [6.45, 7) is 7.31. The van der Waals surface area contributed by atoms with E-state index in [0.29, 0.717) is 6.04 Å². The van der Waals surface area contributed by atoms with Crippen LogP contribution in [0.15, 0.2) is 24.3 Å². The largest absolute Gasteiger partial charge is 0.494 e. The maximum absolute atomic E-state index is 5.48. The molecule has 0 aromatic heterocycles. The quantitative estimate of drug-likeness (QED) is 0.735. The lowest BCUT2D eigenvalue weighted by molar-refractivity contribution is 0.340. The predicted octanol–water partition coefficient (Wildman–Crippen LogP) is 4.13. The molecule has 0 saturated heterocycles. The molecule has 3 heteroatoms. The summed E-state index contributed by atoms with van der Waals surface area (Å²) in [7, 11) is 2.03. The number of ether oxygens (including phenoxy) is 1. The number of benzene rings is 1. The van der Waals surface area contributed by atoms with Crippen LogP contribution in [0.1, 0.15) is 38.8 Å². The zero-order chi connectivity index (χ0) is 14.1. The molecule has 0 amide bonds. The van der Waals surface area contributed by atoms with E-state index in [4.69, 9.17) is 4.74 Å². The van der Waals surface area contributed by atoms with Gasteiger partial charge in [-0.3, -0.25) is 0 Å². The van der Waals surface area contributed by atoms with E-state index in [-0.39, 0.29) is 0 Å². The fourth-order valence-electron chi connectivity index (χ4n) is 1.81. The molecule has 1 aromatic rings. The lowest BCUT2D eigenvalue weighted by atomic mass is 10.1. The Morgan fingerprint density at radius 2 is 1.84 bits per heavy atom. The summed E-state index contributed by atoms with van der Waals surface area (Å²) in [4.78, 5) is 0. The SMILES string of the molecule is CCOc1ccc(C(CSCC(C)CC)NC)cc1. The Morgan fingerprint density at radius 1 is 1.16 bits per heavy atom. The van der Waals surface area contributed by atoms with Gasteiger partial charge in [0.1, 0.15) is 5.75 Å². The second-order valence-corrected chi connectivity index (χ2v) is 5.97. The Morgan fingerprint density at radius 3 is 2.37 bits per heavy atom. The van der Waals surface area contributed by atoms with E-state index in [0.717, 1.165) is 24.0 Å². The van der Waals surface area contributed by atoms with Gasteiger partial charge < -0.3 is 10.1 Å². The Kier molecular flexibility index (Phi) is 7.99. The van der Waals surface area contributed by atoms with Crippen LogP contribution in [0.25, 0.3) is 0 Å². The van der Waals surface area contributed by atoms with Gasteiger partial charge in [-0.1, -0.05) is 32.4 Å². The molecular formula is C16H27NOS. The molecule has 2 atom stereocenters. The van der Waals surface area contributed by atoms with Crippen LogP contribution >= 0.6 is 11.8 Å². The van der Waals surface area contributed by atoms with Gasteiger partial charge in [0.05, 0.1) is 6.61 Å². The molecule has 108 valence electrons. The summed E-state index contributed by atoms with van der Waals surface area (Å²) in [5.74, 6) is 4.12. The highest BCUT2D eigenvalue weighted by molar-refractivity contribution is 7.99. The molecule has 1 aromatic carbocycles.